The molecule has 0 spiro atoms. The van der Waals surface area contributed by atoms with E-state index in [2.05, 4.69) is 27.6 Å². The average molecular weight is 582 g/mol. The number of thioether (sulfide) groups is 1. The molecule has 0 saturated carbocycles. The van der Waals surface area contributed by atoms with Crippen molar-refractivity contribution in [3.63, 3.8) is 0 Å². The predicted molar refractivity (Wildman–Crippen MR) is 151 cm³/mol. The summed E-state index contributed by atoms with van der Waals surface area (Å²) in [5.74, 6) is -0.188. The van der Waals surface area contributed by atoms with Crippen molar-refractivity contribution in [2.24, 2.45) is 0 Å². The smallest absolute Gasteiger partial charge is 0.442 e. The highest BCUT2D eigenvalue weighted by molar-refractivity contribution is 7.99. The van der Waals surface area contributed by atoms with Crippen molar-refractivity contribution in [2.45, 2.75) is 31.5 Å². The maximum atomic E-state index is 13.0. The molecule has 1 amide bonds. The number of thiophene rings is 1. The van der Waals surface area contributed by atoms with Gasteiger partial charge in [-0.3, -0.25) is 14.2 Å². The summed E-state index contributed by atoms with van der Waals surface area (Å²) in [6.07, 6.45) is 0.684. The van der Waals surface area contributed by atoms with Crippen molar-refractivity contribution in [3.8, 4) is 11.4 Å². The van der Waals surface area contributed by atoms with Crippen LogP contribution < -0.4 is 20.4 Å². The summed E-state index contributed by atoms with van der Waals surface area (Å²) in [5.41, 5.74) is 2.63. The van der Waals surface area contributed by atoms with Gasteiger partial charge in [0.1, 0.15) is 10.8 Å². The standard InChI is InChI=1S/C28H28N4O6S2/c1-3-37-27(34)24-21-13-14-31(15-18-7-5-4-6-8-18)16-22(21)40-25(24)29-23(33)17-39-26-28(35)38-30-32(26)19-9-11-20(36-2)12-10-19/h4-12H,3,13-17H2,1-2H3,(H-,29,30,33,34,35)/p+1. The topological polar surface area (TPSA) is 118 Å². The zero-order chi connectivity index (χ0) is 28.1. The van der Waals surface area contributed by atoms with Crippen molar-refractivity contribution in [1.82, 2.24) is 10.2 Å². The van der Waals surface area contributed by atoms with Crippen LogP contribution in [0, 0.1) is 0 Å². The number of fused-ring (bicyclic) bond motifs is 1. The monoisotopic (exact) mass is 581 g/mol. The number of aromatic nitrogens is 2. The molecular weight excluding hydrogens is 552 g/mol. The van der Waals surface area contributed by atoms with Gasteiger partial charge in [-0.2, -0.15) is 0 Å². The first kappa shape index (κ1) is 27.7. The van der Waals surface area contributed by atoms with E-state index in [0.717, 1.165) is 35.3 Å². The number of hydrogen-bond donors (Lipinski definition) is 2. The Kier molecular flexibility index (Phi) is 8.68. The van der Waals surface area contributed by atoms with Gasteiger partial charge >= 0.3 is 16.6 Å². The van der Waals surface area contributed by atoms with Gasteiger partial charge in [-0.15, -0.1) is 11.3 Å². The Morgan fingerprint density at radius 3 is 2.67 bits per heavy atom. The fourth-order valence-electron chi connectivity index (χ4n) is 4.53. The normalized spacial score (nSPS) is 13.1. The largest absolute Gasteiger partial charge is 0.497 e. The zero-order valence-electron chi connectivity index (χ0n) is 22.1. The van der Waals surface area contributed by atoms with Crippen LogP contribution in [0.5, 0.6) is 5.75 Å². The molecule has 40 heavy (non-hydrogen) atoms. The van der Waals surface area contributed by atoms with Gasteiger partial charge in [0.2, 0.25) is 11.6 Å². The second kappa shape index (κ2) is 12.5. The number of nitrogens with zero attached hydrogens (tertiary/aromatic N) is 2. The van der Waals surface area contributed by atoms with Gasteiger partial charge in [0.15, 0.2) is 0 Å². The number of benzene rings is 2. The highest BCUT2D eigenvalue weighted by Crippen LogP contribution is 2.38. The summed E-state index contributed by atoms with van der Waals surface area (Å²) in [6.45, 7) is 4.27. The molecule has 4 aromatic rings. The van der Waals surface area contributed by atoms with E-state index in [1.165, 1.54) is 21.6 Å². The number of amides is 1. The first-order valence-corrected chi connectivity index (χ1v) is 14.6. The molecule has 0 radical (unpaired) electrons. The molecule has 3 heterocycles. The Balaban J connectivity index is 1.31. The number of carbonyl (C=O) groups excluding carboxylic acids is 2. The Morgan fingerprint density at radius 1 is 1.18 bits per heavy atom. The van der Waals surface area contributed by atoms with Crippen LogP contribution in [0.3, 0.4) is 0 Å². The second-order valence-corrected chi connectivity index (χ2v) is 11.1. The fraction of sp³-hybridized carbons (Fsp3) is 0.286. The number of H-pyrrole nitrogens is 1. The van der Waals surface area contributed by atoms with Gasteiger partial charge < -0.3 is 14.8 Å². The molecule has 208 valence electrons. The molecule has 5 rings (SSSR count). The SMILES string of the molecule is CCOC(=O)c1c(NC(=O)CSc2c(=O)o[nH][n+]2-c2ccc(OC)cc2)sc2c1CCN(Cc1ccccc1)C2. The lowest BCUT2D eigenvalue weighted by molar-refractivity contribution is -0.704. The van der Waals surface area contributed by atoms with Gasteiger partial charge in [0.25, 0.3) is 0 Å². The number of rotatable bonds is 10. The van der Waals surface area contributed by atoms with Crippen LogP contribution >= 0.6 is 23.1 Å². The van der Waals surface area contributed by atoms with Crippen molar-refractivity contribution < 1.29 is 28.3 Å². The van der Waals surface area contributed by atoms with E-state index >= 15 is 0 Å². The van der Waals surface area contributed by atoms with Crippen molar-refractivity contribution in [2.75, 3.05) is 31.3 Å². The van der Waals surface area contributed by atoms with Crippen LogP contribution in [-0.2, 0) is 29.0 Å². The third kappa shape index (κ3) is 6.14. The summed E-state index contributed by atoms with van der Waals surface area (Å²) >= 11 is 2.44. The van der Waals surface area contributed by atoms with Crippen molar-refractivity contribution in [3.05, 3.63) is 86.6 Å². The molecule has 1 aliphatic rings. The minimum Gasteiger partial charge on any atom is -0.497 e. The maximum absolute atomic E-state index is 13.0. The lowest BCUT2D eigenvalue weighted by Crippen LogP contribution is -2.36. The van der Waals surface area contributed by atoms with E-state index in [1.807, 2.05) is 18.2 Å². The summed E-state index contributed by atoms with van der Waals surface area (Å²) in [5, 5.41) is 6.15. The number of ether oxygens (including phenoxy) is 2. The molecule has 0 bridgehead atoms. The Hall–Kier alpha value is -3.87. The molecule has 0 atom stereocenters. The van der Waals surface area contributed by atoms with E-state index in [-0.39, 0.29) is 23.3 Å². The highest BCUT2D eigenvalue weighted by Gasteiger charge is 2.30. The fourth-order valence-corrected chi connectivity index (χ4v) is 6.59. The highest BCUT2D eigenvalue weighted by atomic mass is 32.2. The summed E-state index contributed by atoms with van der Waals surface area (Å²) in [7, 11) is 1.57. The van der Waals surface area contributed by atoms with Crippen molar-refractivity contribution >= 4 is 40.0 Å². The maximum Gasteiger partial charge on any atom is 0.442 e. The summed E-state index contributed by atoms with van der Waals surface area (Å²) in [4.78, 5) is 41.7. The van der Waals surface area contributed by atoms with Gasteiger partial charge in [-0.25, -0.2) is 9.59 Å². The molecule has 12 heteroatoms. The first-order chi connectivity index (χ1) is 19.5. The minimum atomic E-state index is -0.592. The van der Waals surface area contributed by atoms with Crippen LogP contribution in [0.1, 0.15) is 33.3 Å². The molecule has 2 aromatic carbocycles. The third-order valence-electron chi connectivity index (χ3n) is 6.40. The van der Waals surface area contributed by atoms with Crippen LogP contribution in [0.4, 0.5) is 5.00 Å². The van der Waals surface area contributed by atoms with Crippen LogP contribution in [-0.4, -0.2) is 48.1 Å². The Morgan fingerprint density at radius 2 is 1.95 bits per heavy atom. The molecule has 0 aliphatic carbocycles. The second-order valence-electron chi connectivity index (χ2n) is 9.03. The number of methoxy groups -OCH3 is 1. The van der Waals surface area contributed by atoms with Crippen molar-refractivity contribution in [1.29, 1.82) is 0 Å². The van der Waals surface area contributed by atoms with Crippen LogP contribution in [0.15, 0.2) is 68.9 Å². The van der Waals surface area contributed by atoms with Gasteiger partial charge in [-0.05, 0) is 58.3 Å². The summed E-state index contributed by atoms with van der Waals surface area (Å²) in [6, 6.07) is 17.3. The third-order valence-corrected chi connectivity index (χ3v) is 8.56. The Labute approximate surface area is 238 Å². The van der Waals surface area contributed by atoms with E-state index in [1.54, 1.807) is 38.3 Å². The summed E-state index contributed by atoms with van der Waals surface area (Å²) < 4.78 is 17.0. The number of hydrogen-bond acceptors (Lipinski definition) is 9. The molecule has 0 unspecified atom stereocenters. The van der Waals surface area contributed by atoms with Crippen LogP contribution in [0.25, 0.3) is 5.69 Å². The molecule has 0 fully saturated rings. The van der Waals surface area contributed by atoms with E-state index in [0.29, 0.717) is 35.0 Å². The lowest BCUT2D eigenvalue weighted by atomic mass is 10.0. The number of aromatic amines is 1. The van der Waals surface area contributed by atoms with Gasteiger partial charge in [0.05, 0.1) is 25.0 Å². The number of esters is 1. The van der Waals surface area contributed by atoms with Gasteiger partial charge in [0, 0.05) is 36.6 Å². The number of anilines is 1. The van der Waals surface area contributed by atoms with E-state index in [9.17, 15) is 14.4 Å². The first-order valence-electron chi connectivity index (χ1n) is 12.7. The number of carbonyl (C=O) groups is 2. The molecule has 0 saturated heterocycles. The van der Waals surface area contributed by atoms with E-state index < -0.39 is 11.6 Å². The zero-order valence-corrected chi connectivity index (χ0v) is 23.7. The van der Waals surface area contributed by atoms with E-state index in [4.69, 9.17) is 14.0 Å². The average Bonchev–Trinajstić information content (AvgIpc) is 3.51. The Bertz CT molecular complexity index is 1550. The predicted octanol–water partition coefficient (Wildman–Crippen LogP) is 3.78. The van der Waals surface area contributed by atoms with Gasteiger partial charge in [-0.1, -0.05) is 30.3 Å². The molecular formula is C28H29N4O6S2+. The molecule has 1 aliphatic heterocycles. The minimum absolute atomic E-state index is 0.0657. The molecule has 2 aromatic heterocycles. The molecule has 10 nitrogen and oxygen atoms in total. The number of nitrogens with one attached hydrogen (secondary N) is 2. The lowest BCUT2D eigenvalue weighted by Gasteiger charge is -2.27. The molecule has 2 N–H and O–H groups in total. The van der Waals surface area contributed by atoms with Crippen LogP contribution in [0.2, 0.25) is 0 Å². The quantitative estimate of drug-likeness (QED) is 0.165.